The Hall–Kier alpha value is -1.06. The van der Waals surface area contributed by atoms with Gasteiger partial charge in [-0.25, -0.2) is 0 Å². The van der Waals surface area contributed by atoms with Gasteiger partial charge in [-0.3, -0.25) is 0 Å². The fraction of sp³-hybridized carbons (Fsp3) is 0.571. The third-order valence-corrected chi connectivity index (χ3v) is 2.91. The molecule has 1 aromatic carbocycles. The van der Waals surface area contributed by atoms with Gasteiger partial charge in [0.15, 0.2) is 0 Å². The second kappa shape index (κ2) is 7.30. The second-order valence-electron chi connectivity index (χ2n) is 4.36. The van der Waals surface area contributed by atoms with E-state index in [-0.39, 0.29) is 6.10 Å². The monoisotopic (exact) mass is 236 g/mol. The molecule has 17 heavy (non-hydrogen) atoms. The van der Waals surface area contributed by atoms with Crippen LogP contribution in [-0.4, -0.2) is 26.3 Å². The lowest BCUT2D eigenvalue weighted by molar-refractivity contribution is 0.123. The number of hydrogen-bond donors (Lipinski definition) is 1. The normalized spacial score (nSPS) is 12.5. The van der Waals surface area contributed by atoms with E-state index in [4.69, 9.17) is 10.5 Å². The number of nitrogens with zero attached hydrogens (tertiary/aromatic N) is 1. The van der Waals surface area contributed by atoms with Crippen molar-refractivity contribution in [2.45, 2.75) is 32.9 Å². The average molecular weight is 236 g/mol. The van der Waals surface area contributed by atoms with Crippen molar-refractivity contribution in [3.8, 4) is 0 Å². The van der Waals surface area contributed by atoms with E-state index in [2.05, 4.69) is 43.0 Å². The molecule has 0 heterocycles. The molecule has 0 aromatic heterocycles. The topological polar surface area (TPSA) is 38.5 Å². The molecule has 0 aliphatic carbocycles. The summed E-state index contributed by atoms with van der Waals surface area (Å²) in [5.41, 5.74) is 8.02. The van der Waals surface area contributed by atoms with Gasteiger partial charge in [-0.15, -0.1) is 0 Å². The predicted octanol–water partition coefficient (Wildman–Crippen LogP) is 2.40. The van der Waals surface area contributed by atoms with Gasteiger partial charge in [-0.1, -0.05) is 19.1 Å². The number of anilines is 1. The van der Waals surface area contributed by atoms with Crippen molar-refractivity contribution in [2.75, 3.05) is 25.1 Å². The molecular weight excluding hydrogens is 212 g/mol. The van der Waals surface area contributed by atoms with Gasteiger partial charge in [-0.2, -0.15) is 0 Å². The van der Waals surface area contributed by atoms with Crippen LogP contribution in [0.3, 0.4) is 0 Å². The van der Waals surface area contributed by atoms with E-state index in [1.54, 1.807) is 7.11 Å². The lowest BCUT2D eigenvalue weighted by Crippen LogP contribution is -2.32. The molecular formula is C14H24N2O. The Morgan fingerprint density at radius 3 is 2.41 bits per heavy atom. The molecule has 3 nitrogen and oxygen atoms in total. The summed E-state index contributed by atoms with van der Waals surface area (Å²) >= 11 is 0. The van der Waals surface area contributed by atoms with Crippen LogP contribution >= 0.6 is 0 Å². The van der Waals surface area contributed by atoms with Crippen molar-refractivity contribution < 1.29 is 4.74 Å². The Morgan fingerprint density at radius 1 is 1.29 bits per heavy atom. The zero-order valence-electron chi connectivity index (χ0n) is 11.1. The predicted molar refractivity (Wildman–Crippen MR) is 73.3 cm³/mol. The summed E-state index contributed by atoms with van der Waals surface area (Å²) in [6, 6.07) is 8.46. The zero-order chi connectivity index (χ0) is 12.7. The third kappa shape index (κ3) is 4.36. The van der Waals surface area contributed by atoms with E-state index in [0.717, 1.165) is 19.5 Å². The van der Waals surface area contributed by atoms with E-state index in [1.807, 2.05) is 0 Å². The number of ether oxygens (including phenoxy) is 1. The summed E-state index contributed by atoms with van der Waals surface area (Å²) in [5, 5.41) is 0. The van der Waals surface area contributed by atoms with Gasteiger partial charge in [-0.05, 0) is 31.0 Å². The van der Waals surface area contributed by atoms with Gasteiger partial charge >= 0.3 is 0 Å². The molecule has 1 unspecified atom stereocenters. The van der Waals surface area contributed by atoms with Gasteiger partial charge in [0.1, 0.15) is 0 Å². The molecule has 1 atom stereocenters. The van der Waals surface area contributed by atoms with Crippen LogP contribution in [0.25, 0.3) is 0 Å². The summed E-state index contributed by atoms with van der Waals surface area (Å²) < 4.78 is 5.33. The molecule has 0 bridgehead atoms. The summed E-state index contributed by atoms with van der Waals surface area (Å²) in [5.74, 6) is 0. The van der Waals surface area contributed by atoms with Crippen LogP contribution in [-0.2, 0) is 11.3 Å². The minimum absolute atomic E-state index is 0.246. The Labute approximate surface area is 105 Å². The van der Waals surface area contributed by atoms with Gasteiger partial charge < -0.3 is 15.4 Å². The van der Waals surface area contributed by atoms with Gasteiger partial charge in [0, 0.05) is 32.4 Å². The average Bonchev–Trinajstić information content (AvgIpc) is 2.38. The molecule has 0 aliphatic rings. The minimum Gasteiger partial charge on any atom is -0.380 e. The molecule has 1 rings (SSSR count). The standard InChI is InChI=1S/C14H24N2O/c1-4-9-16(11-12(2)17-3)14-7-5-13(10-15)6-8-14/h5-8,12H,4,9-11,15H2,1-3H3. The molecule has 2 N–H and O–H groups in total. The van der Waals surface area contributed by atoms with E-state index in [0.29, 0.717) is 6.54 Å². The number of hydrogen-bond acceptors (Lipinski definition) is 3. The SMILES string of the molecule is CCCN(CC(C)OC)c1ccc(CN)cc1. The van der Waals surface area contributed by atoms with Gasteiger partial charge in [0.05, 0.1) is 6.10 Å². The molecule has 1 aromatic rings. The lowest BCUT2D eigenvalue weighted by atomic mass is 10.2. The first-order valence-corrected chi connectivity index (χ1v) is 6.28. The second-order valence-corrected chi connectivity index (χ2v) is 4.36. The Balaban J connectivity index is 2.73. The first-order valence-electron chi connectivity index (χ1n) is 6.28. The van der Waals surface area contributed by atoms with Crippen molar-refractivity contribution in [3.05, 3.63) is 29.8 Å². The number of rotatable bonds is 7. The number of nitrogens with two attached hydrogens (primary N) is 1. The number of benzene rings is 1. The maximum absolute atomic E-state index is 5.60. The number of methoxy groups -OCH3 is 1. The molecule has 3 heteroatoms. The minimum atomic E-state index is 0.246. The van der Waals surface area contributed by atoms with Crippen LogP contribution in [0, 0.1) is 0 Å². The fourth-order valence-electron chi connectivity index (χ4n) is 1.82. The molecule has 0 aliphatic heterocycles. The fourth-order valence-corrected chi connectivity index (χ4v) is 1.82. The van der Waals surface area contributed by atoms with Crippen molar-refractivity contribution in [3.63, 3.8) is 0 Å². The highest BCUT2D eigenvalue weighted by atomic mass is 16.5. The quantitative estimate of drug-likeness (QED) is 0.790. The molecule has 0 radical (unpaired) electrons. The molecule has 0 spiro atoms. The Bertz CT molecular complexity index is 311. The first kappa shape index (κ1) is 14.0. The zero-order valence-corrected chi connectivity index (χ0v) is 11.1. The van der Waals surface area contributed by atoms with Gasteiger partial charge in [0.25, 0.3) is 0 Å². The van der Waals surface area contributed by atoms with E-state index in [1.165, 1.54) is 11.3 Å². The smallest absolute Gasteiger partial charge is 0.0718 e. The van der Waals surface area contributed by atoms with Crippen LogP contribution < -0.4 is 10.6 Å². The van der Waals surface area contributed by atoms with Crippen molar-refractivity contribution in [1.82, 2.24) is 0 Å². The Kier molecular flexibility index (Phi) is 6.01. The van der Waals surface area contributed by atoms with Crippen molar-refractivity contribution in [2.24, 2.45) is 5.73 Å². The molecule has 0 amide bonds. The van der Waals surface area contributed by atoms with Crippen LogP contribution in [0.15, 0.2) is 24.3 Å². The van der Waals surface area contributed by atoms with Crippen LogP contribution in [0.2, 0.25) is 0 Å². The Morgan fingerprint density at radius 2 is 1.94 bits per heavy atom. The van der Waals surface area contributed by atoms with Crippen molar-refractivity contribution >= 4 is 5.69 Å². The third-order valence-electron chi connectivity index (χ3n) is 2.91. The van der Waals surface area contributed by atoms with E-state index in [9.17, 15) is 0 Å². The van der Waals surface area contributed by atoms with Crippen LogP contribution in [0.1, 0.15) is 25.8 Å². The molecule has 0 saturated heterocycles. The summed E-state index contributed by atoms with van der Waals surface area (Å²) in [6.07, 6.45) is 1.38. The maximum Gasteiger partial charge on any atom is 0.0718 e. The van der Waals surface area contributed by atoms with Crippen LogP contribution in [0.4, 0.5) is 5.69 Å². The maximum atomic E-state index is 5.60. The summed E-state index contributed by atoms with van der Waals surface area (Å²) in [4.78, 5) is 2.36. The molecule has 96 valence electrons. The molecule has 0 fully saturated rings. The summed E-state index contributed by atoms with van der Waals surface area (Å²) in [7, 11) is 1.76. The highest BCUT2D eigenvalue weighted by Crippen LogP contribution is 2.16. The van der Waals surface area contributed by atoms with Crippen molar-refractivity contribution in [1.29, 1.82) is 0 Å². The lowest BCUT2D eigenvalue weighted by Gasteiger charge is -2.27. The summed E-state index contributed by atoms with van der Waals surface area (Å²) in [6.45, 7) is 6.86. The first-order chi connectivity index (χ1) is 8.21. The highest BCUT2D eigenvalue weighted by molar-refractivity contribution is 5.47. The van der Waals surface area contributed by atoms with Crippen LogP contribution in [0.5, 0.6) is 0 Å². The highest BCUT2D eigenvalue weighted by Gasteiger charge is 2.09. The van der Waals surface area contributed by atoms with Gasteiger partial charge in [0.2, 0.25) is 0 Å². The molecule has 0 saturated carbocycles. The largest absolute Gasteiger partial charge is 0.380 e. The van der Waals surface area contributed by atoms with E-state index >= 15 is 0 Å². The van der Waals surface area contributed by atoms with E-state index < -0.39 is 0 Å².